The predicted octanol–water partition coefficient (Wildman–Crippen LogP) is 1.24. The normalized spacial score (nSPS) is 16.7. The van der Waals surface area contributed by atoms with Gasteiger partial charge in [-0.05, 0) is 61.6 Å². The largest absolute Gasteiger partial charge is 0.480 e. The van der Waals surface area contributed by atoms with Gasteiger partial charge < -0.3 is 21.5 Å². The fourth-order valence-corrected chi connectivity index (χ4v) is 4.19. The molecule has 3 rings (SSSR count). The Balaban J connectivity index is 1.74. The maximum Gasteiger partial charge on any atom is 0.326 e. The van der Waals surface area contributed by atoms with E-state index in [1.807, 2.05) is 0 Å². The average molecular weight is 535 g/mol. The summed E-state index contributed by atoms with van der Waals surface area (Å²) in [6.07, 6.45) is 1.66. The van der Waals surface area contributed by atoms with Gasteiger partial charge in [0.05, 0.1) is 0 Å². The van der Waals surface area contributed by atoms with E-state index in [2.05, 4.69) is 27.0 Å². The van der Waals surface area contributed by atoms with Gasteiger partial charge in [-0.3, -0.25) is 9.59 Å². The lowest BCUT2D eigenvalue weighted by molar-refractivity contribution is -0.142. The fraction of sp³-hybridized carbons (Fsp3) is 0.400. The standard InChI is InChI=1S/C25H32ClFN6O4/c26-17-8-9-20(27)19(12-17)16-6-4-15(5-7-16)11-18(30-24(35)22-14-29-33-32-22)13-21(25(36)37)31-23(34)3-1-2-10-28/h4-9,12,18,21-22,29,32-33H,1-3,10-11,13-14,28H2,(H,30,35)(H,31,34)(H,36,37)/t18-,21-,22?/m1/s1. The van der Waals surface area contributed by atoms with E-state index in [-0.39, 0.29) is 24.7 Å². The Kier molecular flexibility index (Phi) is 10.8. The molecule has 37 heavy (non-hydrogen) atoms. The molecule has 0 aliphatic carbocycles. The molecule has 2 amide bonds. The second-order valence-corrected chi connectivity index (χ2v) is 9.31. The van der Waals surface area contributed by atoms with Crippen molar-refractivity contribution in [3.05, 3.63) is 58.9 Å². The number of nitrogens with two attached hydrogens (primary N) is 1. The van der Waals surface area contributed by atoms with Crippen LogP contribution in [0, 0.1) is 5.82 Å². The van der Waals surface area contributed by atoms with Crippen molar-refractivity contribution in [2.24, 2.45) is 5.73 Å². The van der Waals surface area contributed by atoms with Crippen molar-refractivity contribution in [2.75, 3.05) is 13.1 Å². The fourth-order valence-electron chi connectivity index (χ4n) is 4.02. The molecular formula is C25H32ClFN6O4. The van der Waals surface area contributed by atoms with Gasteiger partial charge in [0.1, 0.15) is 17.9 Å². The highest BCUT2D eigenvalue weighted by Crippen LogP contribution is 2.26. The minimum Gasteiger partial charge on any atom is -0.480 e. The van der Waals surface area contributed by atoms with Gasteiger partial charge in [0.25, 0.3) is 0 Å². The Bertz CT molecular complexity index is 1080. The first-order chi connectivity index (χ1) is 17.8. The molecule has 2 aromatic carbocycles. The van der Waals surface area contributed by atoms with Crippen molar-refractivity contribution in [3.63, 3.8) is 0 Å². The van der Waals surface area contributed by atoms with Crippen LogP contribution >= 0.6 is 11.6 Å². The highest BCUT2D eigenvalue weighted by molar-refractivity contribution is 6.30. The van der Waals surface area contributed by atoms with Crippen LogP contribution in [0.5, 0.6) is 0 Å². The molecule has 0 saturated carbocycles. The molecule has 1 heterocycles. The van der Waals surface area contributed by atoms with Crippen molar-refractivity contribution in [3.8, 4) is 11.1 Å². The molecule has 1 aliphatic rings. The van der Waals surface area contributed by atoms with Crippen LogP contribution < -0.4 is 32.8 Å². The first-order valence-electron chi connectivity index (χ1n) is 12.1. The van der Waals surface area contributed by atoms with E-state index >= 15 is 0 Å². The second-order valence-electron chi connectivity index (χ2n) is 8.87. The third kappa shape index (κ3) is 8.76. The van der Waals surface area contributed by atoms with E-state index < -0.39 is 29.9 Å². The quantitative estimate of drug-likeness (QED) is 0.189. The molecule has 1 unspecified atom stereocenters. The van der Waals surface area contributed by atoms with Crippen LogP contribution in [0.15, 0.2) is 42.5 Å². The topological polar surface area (TPSA) is 158 Å². The number of halogens is 2. The molecule has 3 atom stereocenters. The minimum absolute atomic E-state index is 0.0258. The van der Waals surface area contributed by atoms with Crippen LogP contribution in [-0.2, 0) is 20.8 Å². The molecule has 1 fully saturated rings. The van der Waals surface area contributed by atoms with Crippen molar-refractivity contribution in [1.82, 2.24) is 27.0 Å². The van der Waals surface area contributed by atoms with Gasteiger partial charge in [-0.15, -0.1) is 0 Å². The molecule has 0 spiro atoms. The molecule has 12 heteroatoms. The summed E-state index contributed by atoms with van der Waals surface area (Å²) in [4.78, 5) is 36.9. The summed E-state index contributed by atoms with van der Waals surface area (Å²) in [6.45, 7) is 0.796. The lowest BCUT2D eigenvalue weighted by atomic mass is 9.96. The van der Waals surface area contributed by atoms with E-state index in [9.17, 15) is 23.9 Å². The third-order valence-corrected chi connectivity index (χ3v) is 6.23. The molecular weight excluding hydrogens is 503 g/mol. The molecule has 200 valence electrons. The molecule has 0 radical (unpaired) electrons. The van der Waals surface area contributed by atoms with Crippen LogP contribution in [0.25, 0.3) is 11.1 Å². The number of aliphatic carboxylic acids is 1. The first-order valence-corrected chi connectivity index (χ1v) is 12.4. The SMILES string of the molecule is NCCCCC(=O)N[C@H](C[C@@H](Cc1ccc(-c2cc(Cl)ccc2F)cc1)NC(=O)C1CNNN1)C(=O)O. The maximum atomic E-state index is 14.3. The summed E-state index contributed by atoms with van der Waals surface area (Å²) >= 11 is 6.01. The molecule has 0 aromatic heterocycles. The lowest BCUT2D eigenvalue weighted by Crippen LogP contribution is -2.51. The Hall–Kier alpha value is -3.09. The maximum absolute atomic E-state index is 14.3. The van der Waals surface area contributed by atoms with E-state index in [4.69, 9.17) is 17.3 Å². The van der Waals surface area contributed by atoms with Gasteiger partial charge in [0.2, 0.25) is 11.8 Å². The van der Waals surface area contributed by atoms with Crippen LogP contribution in [0.3, 0.4) is 0 Å². The monoisotopic (exact) mass is 534 g/mol. The van der Waals surface area contributed by atoms with E-state index in [1.165, 1.54) is 12.1 Å². The Morgan fingerprint density at radius 3 is 2.54 bits per heavy atom. The predicted molar refractivity (Wildman–Crippen MR) is 138 cm³/mol. The molecule has 8 N–H and O–H groups in total. The number of hydrogen-bond acceptors (Lipinski definition) is 7. The zero-order valence-corrected chi connectivity index (χ0v) is 21.0. The molecule has 2 aromatic rings. The summed E-state index contributed by atoms with van der Waals surface area (Å²) < 4.78 is 14.3. The van der Waals surface area contributed by atoms with Gasteiger partial charge >= 0.3 is 5.97 Å². The lowest BCUT2D eigenvalue weighted by Gasteiger charge is -2.24. The molecule has 1 aliphatic heterocycles. The van der Waals surface area contributed by atoms with E-state index in [1.54, 1.807) is 30.3 Å². The number of rotatable bonds is 13. The summed E-state index contributed by atoms with van der Waals surface area (Å²) in [5, 5.41) is 15.6. The van der Waals surface area contributed by atoms with Crippen LogP contribution in [0.4, 0.5) is 4.39 Å². The van der Waals surface area contributed by atoms with Crippen molar-refractivity contribution >= 4 is 29.4 Å². The number of carboxylic acid groups (broad SMARTS) is 1. The average Bonchev–Trinajstić information content (AvgIpc) is 3.41. The zero-order valence-electron chi connectivity index (χ0n) is 20.2. The van der Waals surface area contributed by atoms with Crippen molar-refractivity contribution in [2.45, 2.75) is 50.2 Å². The summed E-state index contributed by atoms with van der Waals surface area (Å²) in [6, 6.07) is 9.02. The number of unbranched alkanes of at least 4 members (excludes halogenated alkanes) is 1. The smallest absolute Gasteiger partial charge is 0.326 e. The summed E-state index contributed by atoms with van der Waals surface area (Å²) in [7, 11) is 0. The second kappa shape index (κ2) is 14.0. The van der Waals surface area contributed by atoms with Crippen LogP contribution in [0.2, 0.25) is 5.02 Å². The Morgan fingerprint density at radius 2 is 1.89 bits per heavy atom. The van der Waals surface area contributed by atoms with Gasteiger partial charge in [-0.25, -0.2) is 20.0 Å². The number of amides is 2. The highest BCUT2D eigenvalue weighted by Gasteiger charge is 2.29. The number of nitrogens with one attached hydrogen (secondary N) is 5. The number of carboxylic acids is 1. The molecule has 1 saturated heterocycles. The van der Waals surface area contributed by atoms with Crippen molar-refractivity contribution < 1.29 is 23.9 Å². The van der Waals surface area contributed by atoms with E-state index in [0.29, 0.717) is 48.5 Å². The number of hydrazine groups is 2. The number of benzene rings is 2. The number of hydrogen-bond donors (Lipinski definition) is 7. The van der Waals surface area contributed by atoms with E-state index in [0.717, 1.165) is 5.56 Å². The molecule has 0 bridgehead atoms. The summed E-state index contributed by atoms with van der Waals surface area (Å²) in [5.41, 5.74) is 15.5. The van der Waals surface area contributed by atoms with Gasteiger partial charge in [0.15, 0.2) is 0 Å². The van der Waals surface area contributed by atoms with Gasteiger partial charge in [0, 0.05) is 29.6 Å². The third-order valence-electron chi connectivity index (χ3n) is 5.99. The number of carbonyl (C=O) groups excluding carboxylic acids is 2. The summed E-state index contributed by atoms with van der Waals surface area (Å²) in [5.74, 6) is -2.30. The Labute approximate surface area is 219 Å². The van der Waals surface area contributed by atoms with Crippen LogP contribution in [-0.4, -0.2) is 54.1 Å². The van der Waals surface area contributed by atoms with Crippen LogP contribution in [0.1, 0.15) is 31.2 Å². The molecule has 10 nitrogen and oxygen atoms in total. The number of carbonyl (C=O) groups is 3. The first kappa shape index (κ1) is 28.5. The van der Waals surface area contributed by atoms with Crippen molar-refractivity contribution in [1.29, 1.82) is 0 Å². The Morgan fingerprint density at radius 1 is 1.14 bits per heavy atom. The minimum atomic E-state index is -1.19. The van der Waals surface area contributed by atoms with Gasteiger partial charge in [-0.1, -0.05) is 35.9 Å². The van der Waals surface area contributed by atoms with Gasteiger partial charge in [-0.2, -0.15) is 5.53 Å². The highest BCUT2D eigenvalue weighted by atomic mass is 35.5. The zero-order chi connectivity index (χ0) is 26.8.